The van der Waals surface area contributed by atoms with Gasteiger partial charge >= 0.3 is 0 Å². The van der Waals surface area contributed by atoms with E-state index in [9.17, 15) is 0 Å². The second-order valence-corrected chi connectivity index (χ2v) is 6.84. The van der Waals surface area contributed by atoms with Gasteiger partial charge in [-0.3, -0.25) is 0 Å². The highest BCUT2D eigenvalue weighted by molar-refractivity contribution is 7.99. The van der Waals surface area contributed by atoms with Crippen LogP contribution in [0.25, 0.3) is 0 Å². The van der Waals surface area contributed by atoms with Crippen LogP contribution in [0.4, 0.5) is 0 Å². The van der Waals surface area contributed by atoms with Crippen LogP contribution in [-0.2, 0) is 0 Å². The van der Waals surface area contributed by atoms with Gasteiger partial charge in [0, 0.05) is 17.0 Å². The van der Waals surface area contributed by atoms with Crippen molar-refractivity contribution in [2.45, 2.75) is 56.7 Å². The van der Waals surface area contributed by atoms with E-state index in [0.717, 1.165) is 11.8 Å². The first-order chi connectivity index (χ1) is 9.40. The summed E-state index contributed by atoms with van der Waals surface area (Å²) in [5, 5.41) is 4.61. The van der Waals surface area contributed by atoms with Crippen LogP contribution in [0.3, 0.4) is 0 Å². The number of nitrogens with one attached hydrogen (secondary N) is 1. The number of hydrogen-bond donors (Lipinski definition) is 1. The summed E-state index contributed by atoms with van der Waals surface area (Å²) >= 11 is 2.19. The van der Waals surface area contributed by atoms with Crippen LogP contribution in [0.15, 0.2) is 30.3 Å². The Balaban J connectivity index is 1.86. The molecule has 2 heteroatoms. The van der Waals surface area contributed by atoms with Gasteiger partial charge in [-0.1, -0.05) is 56.5 Å². The predicted molar refractivity (Wildman–Crippen MR) is 86.8 cm³/mol. The molecule has 0 radical (unpaired) electrons. The lowest BCUT2D eigenvalue weighted by Gasteiger charge is -2.25. The molecule has 1 aliphatic carbocycles. The maximum absolute atomic E-state index is 3.70. The third-order valence-corrected chi connectivity index (χ3v) is 5.36. The van der Waals surface area contributed by atoms with Crippen LogP contribution in [0, 0.1) is 0 Å². The largest absolute Gasteiger partial charge is 0.309 e. The number of rotatable bonds is 7. The van der Waals surface area contributed by atoms with Gasteiger partial charge in [-0.25, -0.2) is 0 Å². The Morgan fingerprint density at radius 2 is 1.89 bits per heavy atom. The fourth-order valence-corrected chi connectivity index (χ4v) is 4.18. The normalized spacial score (nSPS) is 18.4. The van der Waals surface area contributed by atoms with Crippen LogP contribution in [-0.4, -0.2) is 17.5 Å². The smallest absolute Gasteiger partial charge is 0.0411 e. The quantitative estimate of drug-likeness (QED) is 0.769. The van der Waals surface area contributed by atoms with Gasteiger partial charge in [0.15, 0.2) is 0 Å². The van der Waals surface area contributed by atoms with Crippen molar-refractivity contribution in [3.63, 3.8) is 0 Å². The van der Waals surface area contributed by atoms with E-state index in [-0.39, 0.29) is 0 Å². The summed E-state index contributed by atoms with van der Waals surface area (Å²) in [7, 11) is 0. The van der Waals surface area contributed by atoms with Crippen molar-refractivity contribution in [2.75, 3.05) is 12.3 Å². The third-order valence-electron chi connectivity index (χ3n) is 3.89. The van der Waals surface area contributed by atoms with Crippen LogP contribution in [0.5, 0.6) is 0 Å². The van der Waals surface area contributed by atoms with Gasteiger partial charge < -0.3 is 5.32 Å². The molecule has 0 bridgehead atoms. The first-order valence-corrected chi connectivity index (χ1v) is 8.85. The fraction of sp³-hybridized carbons (Fsp3) is 0.647. The first kappa shape index (κ1) is 14.9. The second kappa shape index (κ2) is 8.65. The van der Waals surface area contributed by atoms with E-state index in [0.29, 0.717) is 6.04 Å². The summed E-state index contributed by atoms with van der Waals surface area (Å²) in [6.45, 7) is 3.36. The topological polar surface area (TPSA) is 12.0 Å². The van der Waals surface area contributed by atoms with Crippen LogP contribution >= 0.6 is 11.8 Å². The van der Waals surface area contributed by atoms with E-state index >= 15 is 0 Å². The Kier molecular flexibility index (Phi) is 6.80. The highest BCUT2D eigenvalue weighted by atomic mass is 32.2. The fourth-order valence-electron chi connectivity index (χ4n) is 2.74. The summed E-state index contributed by atoms with van der Waals surface area (Å²) < 4.78 is 0. The standard InChI is InChI=1S/C17H27NS/c1-2-13-18-17(15-9-5-3-6-10-15)14-19-16-11-7-4-8-12-16/h3,5-6,9-10,16-18H,2,4,7-8,11-14H2,1H3. The molecule has 0 saturated heterocycles. The molecule has 0 aromatic heterocycles. The molecular formula is C17H27NS. The summed E-state index contributed by atoms with van der Waals surface area (Å²) in [6.07, 6.45) is 8.40. The second-order valence-electron chi connectivity index (χ2n) is 5.51. The van der Waals surface area contributed by atoms with E-state index in [1.807, 2.05) is 0 Å². The van der Waals surface area contributed by atoms with Crippen molar-refractivity contribution in [3.8, 4) is 0 Å². The zero-order valence-corrected chi connectivity index (χ0v) is 12.9. The molecule has 1 aromatic carbocycles. The summed E-state index contributed by atoms with van der Waals surface area (Å²) in [4.78, 5) is 0. The molecule has 0 heterocycles. The molecule has 1 unspecified atom stereocenters. The van der Waals surface area contributed by atoms with E-state index in [4.69, 9.17) is 0 Å². The Hall–Kier alpha value is -0.470. The number of hydrogen-bond acceptors (Lipinski definition) is 2. The lowest BCUT2D eigenvalue weighted by atomic mass is 10.0. The van der Waals surface area contributed by atoms with Crippen LogP contribution in [0.1, 0.15) is 57.1 Å². The molecule has 2 rings (SSSR count). The molecule has 1 fully saturated rings. The van der Waals surface area contributed by atoms with E-state index in [2.05, 4.69) is 54.3 Å². The Labute approximate surface area is 122 Å². The zero-order valence-electron chi connectivity index (χ0n) is 12.1. The van der Waals surface area contributed by atoms with Gasteiger partial charge in [-0.2, -0.15) is 11.8 Å². The molecule has 0 aliphatic heterocycles. The summed E-state index contributed by atoms with van der Waals surface area (Å²) in [5.41, 5.74) is 1.44. The molecule has 106 valence electrons. The van der Waals surface area contributed by atoms with Crippen LogP contribution < -0.4 is 5.32 Å². The van der Waals surface area contributed by atoms with Gasteiger partial charge in [0.25, 0.3) is 0 Å². The molecule has 0 spiro atoms. The first-order valence-electron chi connectivity index (χ1n) is 7.80. The summed E-state index contributed by atoms with van der Waals surface area (Å²) in [6, 6.07) is 11.5. The highest BCUT2D eigenvalue weighted by Gasteiger charge is 2.17. The van der Waals surface area contributed by atoms with Crippen molar-refractivity contribution < 1.29 is 0 Å². The van der Waals surface area contributed by atoms with Crippen LogP contribution in [0.2, 0.25) is 0 Å². The molecule has 1 aliphatic rings. The minimum Gasteiger partial charge on any atom is -0.309 e. The van der Waals surface area contributed by atoms with Crippen molar-refractivity contribution in [2.24, 2.45) is 0 Å². The Morgan fingerprint density at radius 1 is 1.16 bits per heavy atom. The molecule has 19 heavy (non-hydrogen) atoms. The predicted octanol–water partition coefficient (Wildman–Crippen LogP) is 4.79. The summed E-state index contributed by atoms with van der Waals surface area (Å²) in [5.74, 6) is 1.22. The Morgan fingerprint density at radius 3 is 2.58 bits per heavy atom. The monoisotopic (exact) mass is 277 g/mol. The van der Waals surface area contributed by atoms with Crippen molar-refractivity contribution >= 4 is 11.8 Å². The lowest BCUT2D eigenvalue weighted by molar-refractivity contribution is 0.513. The van der Waals surface area contributed by atoms with Gasteiger partial charge in [-0.05, 0) is 31.4 Å². The van der Waals surface area contributed by atoms with Gasteiger partial charge in [0.05, 0.1) is 0 Å². The maximum atomic E-state index is 3.70. The highest BCUT2D eigenvalue weighted by Crippen LogP contribution is 2.31. The van der Waals surface area contributed by atoms with E-state index < -0.39 is 0 Å². The van der Waals surface area contributed by atoms with Gasteiger partial charge in [0.1, 0.15) is 0 Å². The molecular weight excluding hydrogens is 250 g/mol. The van der Waals surface area contributed by atoms with Crippen molar-refractivity contribution in [3.05, 3.63) is 35.9 Å². The molecule has 0 amide bonds. The number of benzene rings is 1. The SMILES string of the molecule is CCCNC(CSC1CCCCC1)c1ccccc1. The average Bonchev–Trinajstić information content (AvgIpc) is 2.49. The minimum atomic E-state index is 0.521. The molecule has 1 aromatic rings. The lowest BCUT2D eigenvalue weighted by Crippen LogP contribution is -2.25. The van der Waals surface area contributed by atoms with Crippen molar-refractivity contribution in [1.82, 2.24) is 5.32 Å². The third kappa shape index (κ3) is 5.19. The molecule has 1 atom stereocenters. The maximum Gasteiger partial charge on any atom is 0.0411 e. The molecule has 1 N–H and O–H groups in total. The average molecular weight is 277 g/mol. The van der Waals surface area contributed by atoms with Gasteiger partial charge in [-0.15, -0.1) is 0 Å². The molecule has 1 nitrogen and oxygen atoms in total. The van der Waals surface area contributed by atoms with Gasteiger partial charge in [0.2, 0.25) is 0 Å². The van der Waals surface area contributed by atoms with Crippen molar-refractivity contribution in [1.29, 1.82) is 0 Å². The zero-order chi connectivity index (χ0) is 13.3. The Bertz CT molecular complexity index is 332. The molecule has 1 saturated carbocycles. The van der Waals surface area contributed by atoms with E-state index in [1.165, 1.54) is 49.8 Å². The van der Waals surface area contributed by atoms with E-state index in [1.54, 1.807) is 0 Å². The number of thioether (sulfide) groups is 1. The minimum absolute atomic E-state index is 0.521.